The van der Waals surface area contributed by atoms with Gasteiger partial charge in [0.25, 0.3) is 0 Å². The van der Waals surface area contributed by atoms with E-state index >= 15 is 0 Å². The molecule has 6 heteroatoms. The van der Waals surface area contributed by atoms with Crippen LogP contribution in [0.4, 0.5) is 13.2 Å². The number of halogens is 4. The lowest BCUT2D eigenvalue weighted by atomic mass is 9.79. The van der Waals surface area contributed by atoms with E-state index < -0.39 is 11.7 Å². The maximum Gasteiger partial charge on any atom is 0.416 e. The van der Waals surface area contributed by atoms with Crippen molar-refractivity contribution in [1.82, 2.24) is 10.2 Å². The van der Waals surface area contributed by atoms with Crippen molar-refractivity contribution < 1.29 is 13.2 Å². The van der Waals surface area contributed by atoms with Crippen molar-refractivity contribution in [3.05, 3.63) is 34.3 Å². The van der Waals surface area contributed by atoms with Crippen molar-refractivity contribution in [3.63, 3.8) is 0 Å². The first-order valence-electron chi connectivity index (χ1n) is 8.79. The molecule has 0 unspecified atom stereocenters. The summed E-state index contributed by atoms with van der Waals surface area (Å²) in [4.78, 5) is 2.21. The van der Waals surface area contributed by atoms with Crippen molar-refractivity contribution >= 4 is 11.6 Å². The van der Waals surface area contributed by atoms with Gasteiger partial charge in [0.05, 0.1) is 5.56 Å². The Morgan fingerprint density at radius 2 is 1.75 bits per heavy atom. The fourth-order valence-electron chi connectivity index (χ4n) is 4.21. The monoisotopic (exact) mass is 360 g/mol. The molecular weight excluding hydrogens is 337 g/mol. The lowest BCUT2D eigenvalue weighted by Crippen LogP contribution is -2.47. The number of alkyl halides is 3. The molecule has 0 bridgehead atoms. The van der Waals surface area contributed by atoms with Gasteiger partial charge in [0.1, 0.15) is 0 Å². The SMILES string of the molecule is FC(F)(F)c1cccc(Cl)c1[C@@H](C1CCCCC1)N1CCNCC1. The highest BCUT2D eigenvalue weighted by Crippen LogP contribution is 2.46. The zero-order valence-electron chi connectivity index (χ0n) is 13.7. The van der Waals surface area contributed by atoms with E-state index in [0.717, 1.165) is 51.9 Å². The van der Waals surface area contributed by atoms with Crippen molar-refractivity contribution in [1.29, 1.82) is 0 Å². The lowest BCUT2D eigenvalue weighted by molar-refractivity contribution is -0.139. The molecule has 1 aromatic carbocycles. The summed E-state index contributed by atoms with van der Waals surface area (Å²) < 4.78 is 40.9. The Balaban J connectivity index is 2.04. The predicted octanol–water partition coefficient (Wildman–Crippen LogP) is 4.89. The average Bonchev–Trinajstić information content (AvgIpc) is 2.57. The minimum Gasteiger partial charge on any atom is -0.314 e. The number of nitrogens with zero attached hydrogens (tertiary/aromatic N) is 1. The van der Waals surface area contributed by atoms with Crippen LogP contribution in [-0.4, -0.2) is 31.1 Å². The van der Waals surface area contributed by atoms with E-state index in [-0.39, 0.29) is 17.0 Å². The van der Waals surface area contributed by atoms with Crippen LogP contribution in [0.3, 0.4) is 0 Å². The van der Waals surface area contributed by atoms with Crippen LogP contribution in [0.2, 0.25) is 5.02 Å². The molecule has 0 aromatic heterocycles. The minimum atomic E-state index is -4.37. The molecule has 1 saturated heterocycles. The molecule has 134 valence electrons. The van der Waals surface area contributed by atoms with Gasteiger partial charge >= 0.3 is 6.18 Å². The second-order valence-electron chi connectivity index (χ2n) is 6.83. The number of nitrogens with one attached hydrogen (secondary N) is 1. The quantitative estimate of drug-likeness (QED) is 0.826. The molecule has 2 nitrogen and oxygen atoms in total. The van der Waals surface area contributed by atoms with Crippen LogP contribution < -0.4 is 5.32 Å². The average molecular weight is 361 g/mol. The molecule has 1 aromatic rings. The maximum absolute atomic E-state index is 13.6. The van der Waals surface area contributed by atoms with Crippen LogP contribution in [0.25, 0.3) is 0 Å². The van der Waals surface area contributed by atoms with Crippen molar-refractivity contribution in [3.8, 4) is 0 Å². The van der Waals surface area contributed by atoms with E-state index in [1.807, 2.05) is 0 Å². The molecule has 1 saturated carbocycles. The summed E-state index contributed by atoms with van der Waals surface area (Å²) in [7, 11) is 0. The first kappa shape index (κ1) is 18.0. The summed E-state index contributed by atoms with van der Waals surface area (Å²) in [5, 5.41) is 3.54. The molecule has 1 aliphatic carbocycles. The highest BCUT2D eigenvalue weighted by atomic mass is 35.5. The smallest absolute Gasteiger partial charge is 0.314 e. The minimum absolute atomic E-state index is 0.238. The van der Waals surface area contributed by atoms with Gasteiger partial charge in [-0.05, 0) is 30.9 Å². The van der Waals surface area contributed by atoms with Gasteiger partial charge in [-0.3, -0.25) is 4.90 Å². The molecule has 2 aliphatic rings. The Kier molecular flexibility index (Phi) is 5.73. The molecular formula is C18H24ClF3N2. The second-order valence-corrected chi connectivity index (χ2v) is 7.23. The van der Waals surface area contributed by atoms with Gasteiger partial charge in [0.15, 0.2) is 0 Å². The van der Waals surface area contributed by atoms with Crippen LogP contribution in [0.1, 0.15) is 49.3 Å². The number of benzene rings is 1. The largest absolute Gasteiger partial charge is 0.416 e. The number of hydrogen-bond acceptors (Lipinski definition) is 2. The zero-order valence-corrected chi connectivity index (χ0v) is 14.5. The van der Waals surface area contributed by atoms with Crippen LogP contribution in [0.5, 0.6) is 0 Å². The Hall–Kier alpha value is -0.780. The number of piperazine rings is 1. The highest BCUT2D eigenvalue weighted by Gasteiger charge is 2.40. The normalized spacial score (nSPS) is 22.5. The Morgan fingerprint density at radius 3 is 2.38 bits per heavy atom. The standard InChI is InChI=1S/C18H24ClF3N2/c19-15-8-4-7-14(18(20,21)22)16(15)17(13-5-2-1-3-6-13)24-11-9-23-10-12-24/h4,7-8,13,17,23H,1-3,5-6,9-12H2/t17-/m1/s1. The molecule has 0 radical (unpaired) electrons. The summed E-state index contributed by atoms with van der Waals surface area (Å²) in [5.74, 6) is 0.248. The van der Waals surface area contributed by atoms with Crippen LogP contribution in [-0.2, 0) is 6.18 Å². The molecule has 2 fully saturated rings. The van der Waals surface area contributed by atoms with E-state index in [2.05, 4.69) is 10.2 Å². The van der Waals surface area contributed by atoms with E-state index in [4.69, 9.17) is 11.6 Å². The van der Waals surface area contributed by atoms with Crippen molar-refractivity contribution in [2.45, 2.75) is 44.3 Å². The summed E-state index contributed by atoms with van der Waals surface area (Å²) in [6.45, 7) is 3.16. The van der Waals surface area contributed by atoms with Crippen LogP contribution >= 0.6 is 11.6 Å². The van der Waals surface area contributed by atoms with Crippen molar-refractivity contribution in [2.75, 3.05) is 26.2 Å². The first-order valence-corrected chi connectivity index (χ1v) is 9.16. The van der Waals surface area contributed by atoms with Crippen LogP contribution in [0, 0.1) is 5.92 Å². The molecule has 3 rings (SSSR count). The molecule has 0 amide bonds. The van der Waals surface area contributed by atoms with Gasteiger partial charge in [0.2, 0.25) is 0 Å². The Bertz CT molecular complexity index is 532. The summed E-state index contributed by atoms with van der Waals surface area (Å²) in [5.41, 5.74) is -0.274. The zero-order chi connectivity index (χ0) is 17.2. The van der Waals surface area contributed by atoms with Crippen LogP contribution in [0.15, 0.2) is 18.2 Å². The number of rotatable bonds is 3. The predicted molar refractivity (Wildman–Crippen MR) is 90.2 cm³/mol. The van der Waals surface area contributed by atoms with Gasteiger partial charge in [-0.25, -0.2) is 0 Å². The third-order valence-corrected chi connectivity index (χ3v) is 5.63. The molecule has 0 spiro atoms. The molecule has 1 heterocycles. The van der Waals surface area contributed by atoms with Gasteiger partial charge in [-0.15, -0.1) is 0 Å². The summed E-state index contributed by atoms with van der Waals surface area (Å²) >= 11 is 6.33. The lowest BCUT2D eigenvalue weighted by Gasteiger charge is -2.42. The van der Waals surface area contributed by atoms with Gasteiger partial charge in [-0.1, -0.05) is 36.9 Å². The van der Waals surface area contributed by atoms with E-state index in [1.165, 1.54) is 18.6 Å². The molecule has 24 heavy (non-hydrogen) atoms. The topological polar surface area (TPSA) is 15.3 Å². The van der Waals surface area contributed by atoms with E-state index in [0.29, 0.717) is 5.56 Å². The molecule has 1 N–H and O–H groups in total. The van der Waals surface area contributed by atoms with Crippen molar-refractivity contribution in [2.24, 2.45) is 5.92 Å². The molecule has 1 atom stereocenters. The Labute approximate surface area is 146 Å². The second kappa shape index (κ2) is 7.63. The fourth-order valence-corrected chi connectivity index (χ4v) is 4.50. The van der Waals surface area contributed by atoms with E-state index in [1.54, 1.807) is 6.07 Å². The van der Waals surface area contributed by atoms with E-state index in [9.17, 15) is 13.2 Å². The third kappa shape index (κ3) is 3.89. The summed E-state index contributed by atoms with van der Waals surface area (Å²) in [6, 6.07) is 3.95. The maximum atomic E-state index is 13.6. The molecule has 1 aliphatic heterocycles. The first-order chi connectivity index (χ1) is 11.5. The third-order valence-electron chi connectivity index (χ3n) is 5.30. The fraction of sp³-hybridized carbons (Fsp3) is 0.667. The Morgan fingerprint density at radius 1 is 1.08 bits per heavy atom. The van der Waals surface area contributed by atoms with Gasteiger partial charge < -0.3 is 5.32 Å². The van der Waals surface area contributed by atoms with Gasteiger partial charge in [0, 0.05) is 42.8 Å². The summed E-state index contributed by atoms with van der Waals surface area (Å²) in [6.07, 6.45) is 0.965. The number of hydrogen-bond donors (Lipinski definition) is 1. The van der Waals surface area contributed by atoms with Gasteiger partial charge in [-0.2, -0.15) is 13.2 Å². The highest BCUT2D eigenvalue weighted by molar-refractivity contribution is 6.31.